The molecule has 0 saturated carbocycles. The second-order valence-electron chi connectivity index (χ2n) is 9.23. The van der Waals surface area contributed by atoms with E-state index in [1.54, 1.807) is 12.4 Å². The van der Waals surface area contributed by atoms with Gasteiger partial charge in [0.15, 0.2) is 0 Å². The average Bonchev–Trinajstić information content (AvgIpc) is 3.36. The Bertz CT molecular complexity index is 1540. The predicted molar refractivity (Wildman–Crippen MR) is 141 cm³/mol. The van der Waals surface area contributed by atoms with Crippen molar-refractivity contribution in [2.24, 2.45) is 0 Å². The monoisotopic (exact) mass is 490 g/mol. The third-order valence-electron chi connectivity index (χ3n) is 6.59. The molecule has 0 bridgehead atoms. The van der Waals surface area contributed by atoms with Gasteiger partial charge in [-0.05, 0) is 54.8 Å². The summed E-state index contributed by atoms with van der Waals surface area (Å²) in [6, 6.07) is 28.8. The van der Waals surface area contributed by atoms with Crippen molar-refractivity contribution in [3.63, 3.8) is 0 Å². The number of benzene rings is 3. The molecule has 0 amide bonds. The minimum atomic E-state index is -0.192. The van der Waals surface area contributed by atoms with E-state index >= 15 is 0 Å². The van der Waals surface area contributed by atoms with Crippen LogP contribution in [0.25, 0.3) is 10.9 Å². The summed E-state index contributed by atoms with van der Waals surface area (Å²) in [6.45, 7) is 3.82. The van der Waals surface area contributed by atoms with E-state index in [1.807, 2.05) is 65.2 Å². The SMILES string of the molecule is CC(Cc1ccccc1F)N(Cc1ccc2ccccc2n1)Cc1nncn1Cc1ccc(C#N)cc1. The lowest BCUT2D eigenvalue weighted by Crippen LogP contribution is -2.35. The van der Waals surface area contributed by atoms with Crippen LogP contribution in [-0.2, 0) is 26.1 Å². The Morgan fingerprint density at radius 1 is 0.946 bits per heavy atom. The molecule has 184 valence electrons. The third-order valence-corrected chi connectivity index (χ3v) is 6.59. The fourth-order valence-electron chi connectivity index (χ4n) is 4.48. The van der Waals surface area contributed by atoms with Crippen LogP contribution in [0.2, 0.25) is 0 Å². The zero-order valence-corrected chi connectivity index (χ0v) is 20.6. The molecule has 0 aliphatic heterocycles. The summed E-state index contributed by atoms with van der Waals surface area (Å²) >= 11 is 0. The fraction of sp³-hybridized carbons (Fsp3) is 0.200. The summed E-state index contributed by atoms with van der Waals surface area (Å²) in [4.78, 5) is 7.14. The van der Waals surface area contributed by atoms with Gasteiger partial charge in [-0.25, -0.2) is 4.39 Å². The highest BCUT2D eigenvalue weighted by Gasteiger charge is 2.20. The third kappa shape index (κ3) is 5.88. The molecule has 7 heteroatoms. The Hall–Kier alpha value is -4.41. The van der Waals surface area contributed by atoms with E-state index in [9.17, 15) is 4.39 Å². The summed E-state index contributed by atoms with van der Waals surface area (Å²) in [5.41, 5.74) is 4.26. The zero-order valence-electron chi connectivity index (χ0n) is 20.6. The maximum atomic E-state index is 14.5. The molecule has 1 atom stereocenters. The number of aromatic nitrogens is 4. The molecule has 0 N–H and O–H groups in total. The zero-order chi connectivity index (χ0) is 25.6. The predicted octanol–water partition coefficient (Wildman–Crippen LogP) is 5.52. The van der Waals surface area contributed by atoms with Crippen LogP contribution in [0.3, 0.4) is 0 Å². The molecule has 3 aromatic carbocycles. The Morgan fingerprint density at radius 2 is 1.73 bits per heavy atom. The van der Waals surface area contributed by atoms with Gasteiger partial charge in [0, 0.05) is 18.0 Å². The largest absolute Gasteiger partial charge is 0.312 e. The van der Waals surface area contributed by atoms with Crippen molar-refractivity contribution >= 4 is 10.9 Å². The summed E-state index contributed by atoms with van der Waals surface area (Å²) < 4.78 is 16.5. The molecule has 5 aromatic rings. The number of nitriles is 1. The first-order chi connectivity index (χ1) is 18.1. The van der Waals surface area contributed by atoms with Crippen molar-refractivity contribution in [1.82, 2.24) is 24.6 Å². The molecule has 0 aliphatic carbocycles. The van der Waals surface area contributed by atoms with Gasteiger partial charge in [0.2, 0.25) is 0 Å². The number of hydrogen-bond donors (Lipinski definition) is 0. The van der Waals surface area contributed by atoms with E-state index in [0.717, 1.165) is 28.0 Å². The molecule has 0 fully saturated rings. The van der Waals surface area contributed by atoms with Crippen molar-refractivity contribution in [3.8, 4) is 6.07 Å². The van der Waals surface area contributed by atoms with Crippen LogP contribution in [0.4, 0.5) is 4.39 Å². The van der Waals surface area contributed by atoms with Crippen LogP contribution < -0.4 is 0 Å². The number of hydrogen-bond acceptors (Lipinski definition) is 5. The van der Waals surface area contributed by atoms with E-state index in [-0.39, 0.29) is 11.9 Å². The van der Waals surface area contributed by atoms with Gasteiger partial charge in [-0.1, -0.05) is 54.6 Å². The van der Waals surface area contributed by atoms with Gasteiger partial charge < -0.3 is 4.57 Å². The number of rotatable bonds is 9. The molecule has 5 rings (SSSR count). The second-order valence-corrected chi connectivity index (χ2v) is 9.23. The normalized spacial score (nSPS) is 12.1. The first-order valence-electron chi connectivity index (χ1n) is 12.3. The highest BCUT2D eigenvalue weighted by molar-refractivity contribution is 5.78. The number of fused-ring (bicyclic) bond motifs is 1. The average molecular weight is 491 g/mol. The van der Waals surface area contributed by atoms with E-state index in [0.29, 0.717) is 37.2 Å². The molecule has 0 aliphatic rings. The van der Waals surface area contributed by atoms with Crippen LogP contribution in [0, 0.1) is 17.1 Å². The van der Waals surface area contributed by atoms with E-state index in [1.165, 1.54) is 6.07 Å². The lowest BCUT2D eigenvalue weighted by molar-refractivity contribution is 0.179. The molecule has 2 heterocycles. The van der Waals surface area contributed by atoms with E-state index in [4.69, 9.17) is 10.2 Å². The van der Waals surface area contributed by atoms with Crippen molar-refractivity contribution in [2.45, 2.75) is 39.0 Å². The fourth-order valence-corrected chi connectivity index (χ4v) is 4.48. The van der Waals surface area contributed by atoms with Gasteiger partial charge in [-0.15, -0.1) is 10.2 Å². The molecule has 0 spiro atoms. The Balaban J connectivity index is 1.40. The maximum absolute atomic E-state index is 14.5. The van der Waals surface area contributed by atoms with Crippen LogP contribution in [-0.4, -0.2) is 30.7 Å². The molecule has 2 aromatic heterocycles. The molecule has 37 heavy (non-hydrogen) atoms. The Morgan fingerprint density at radius 3 is 2.54 bits per heavy atom. The number of pyridine rings is 1. The molecule has 6 nitrogen and oxygen atoms in total. The van der Waals surface area contributed by atoms with Gasteiger partial charge in [0.05, 0.1) is 35.9 Å². The van der Waals surface area contributed by atoms with Gasteiger partial charge in [-0.3, -0.25) is 9.88 Å². The van der Waals surface area contributed by atoms with Crippen molar-refractivity contribution < 1.29 is 4.39 Å². The minimum absolute atomic E-state index is 0.0187. The Labute approximate surface area is 215 Å². The molecule has 0 saturated heterocycles. The summed E-state index contributed by atoms with van der Waals surface area (Å²) in [5, 5.41) is 18.7. The van der Waals surface area contributed by atoms with Crippen LogP contribution in [0.15, 0.2) is 91.3 Å². The summed E-state index contributed by atoms with van der Waals surface area (Å²) in [7, 11) is 0. The van der Waals surface area contributed by atoms with Gasteiger partial charge in [-0.2, -0.15) is 5.26 Å². The molecular formula is C30H27FN6. The quantitative estimate of drug-likeness (QED) is 0.272. The summed E-state index contributed by atoms with van der Waals surface area (Å²) in [5.74, 6) is 0.618. The highest BCUT2D eigenvalue weighted by Crippen LogP contribution is 2.19. The highest BCUT2D eigenvalue weighted by atomic mass is 19.1. The first-order valence-corrected chi connectivity index (χ1v) is 12.3. The lowest BCUT2D eigenvalue weighted by Gasteiger charge is -2.29. The minimum Gasteiger partial charge on any atom is -0.312 e. The van der Waals surface area contributed by atoms with Gasteiger partial charge in [0.25, 0.3) is 0 Å². The maximum Gasteiger partial charge on any atom is 0.147 e. The standard InChI is InChI=1S/C30H27FN6/c1-22(16-26-7-2-4-8-28(26)31)36(19-27-15-14-25-6-3-5-9-29(25)34-27)20-30-35-33-21-37(30)18-24-12-10-23(17-32)11-13-24/h2-15,21-22H,16,18-20H2,1H3. The van der Waals surface area contributed by atoms with E-state index in [2.05, 4.69) is 40.2 Å². The van der Waals surface area contributed by atoms with Gasteiger partial charge >= 0.3 is 0 Å². The van der Waals surface area contributed by atoms with Crippen LogP contribution in [0.1, 0.15) is 35.1 Å². The number of halogens is 1. The molecular weight excluding hydrogens is 463 g/mol. The second kappa shape index (κ2) is 11.1. The number of para-hydroxylation sites is 1. The van der Waals surface area contributed by atoms with E-state index < -0.39 is 0 Å². The molecule has 0 radical (unpaired) electrons. The topological polar surface area (TPSA) is 70.6 Å². The Kier molecular flexibility index (Phi) is 7.29. The first kappa shape index (κ1) is 24.3. The molecule has 1 unspecified atom stereocenters. The van der Waals surface area contributed by atoms with Crippen LogP contribution in [0.5, 0.6) is 0 Å². The smallest absolute Gasteiger partial charge is 0.147 e. The van der Waals surface area contributed by atoms with Crippen molar-refractivity contribution in [1.29, 1.82) is 5.26 Å². The van der Waals surface area contributed by atoms with Crippen molar-refractivity contribution in [3.05, 3.63) is 125 Å². The van der Waals surface area contributed by atoms with Crippen molar-refractivity contribution in [2.75, 3.05) is 0 Å². The lowest BCUT2D eigenvalue weighted by atomic mass is 10.0. The number of nitrogens with zero attached hydrogens (tertiary/aromatic N) is 6. The summed E-state index contributed by atoms with van der Waals surface area (Å²) in [6.07, 6.45) is 2.28. The van der Waals surface area contributed by atoms with Gasteiger partial charge in [0.1, 0.15) is 18.0 Å². The van der Waals surface area contributed by atoms with Crippen LogP contribution >= 0.6 is 0 Å².